The van der Waals surface area contributed by atoms with E-state index in [1.165, 1.54) is 51.5 Å². The Morgan fingerprint density at radius 3 is 2.11 bits per heavy atom. The van der Waals surface area contributed by atoms with Gasteiger partial charge in [0.15, 0.2) is 0 Å². The summed E-state index contributed by atoms with van der Waals surface area (Å²) in [6, 6.07) is 0.753. The first kappa shape index (κ1) is 16.0. The predicted molar refractivity (Wildman–Crippen MR) is 81.9 cm³/mol. The molecule has 0 heterocycles. The van der Waals surface area contributed by atoms with Crippen molar-refractivity contribution in [2.75, 3.05) is 6.54 Å². The van der Waals surface area contributed by atoms with Gasteiger partial charge >= 0.3 is 0 Å². The van der Waals surface area contributed by atoms with E-state index in [2.05, 4.69) is 39.9 Å². The molecule has 1 aliphatic rings. The van der Waals surface area contributed by atoms with Gasteiger partial charge in [-0.1, -0.05) is 53.9 Å². The summed E-state index contributed by atoms with van der Waals surface area (Å²) < 4.78 is 0. The lowest BCUT2D eigenvalue weighted by Crippen LogP contribution is -2.41. The Balaban J connectivity index is 2.49. The summed E-state index contributed by atoms with van der Waals surface area (Å²) in [5.74, 6) is 1.95. The van der Waals surface area contributed by atoms with Crippen LogP contribution in [0, 0.1) is 17.3 Å². The highest BCUT2D eigenvalue weighted by molar-refractivity contribution is 4.84. The molecule has 1 atom stereocenters. The van der Waals surface area contributed by atoms with Gasteiger partial charge in [-0.2, -0.15) is 0 Å². The fourth-order valence-electron chi connectivity index (χ4n) is 3.39. The quantitative estimate of drug-likeness (QED) is 0.702. The normalized spacial score (nSPS) is 27.2. The summed E-state index contributed by atoms with van der Waals surface area (Å²) in [7, 11) is 0. The Labute approximate surface area is 115 Å². The van der Waals surface area contributed by atoms with Gasteiger partial charge in [-0.15, -0.1) is 0 Å². The molecule has 0 spiro atoms. The maximum absolute atomic E-state index is 3.83. The number of nitrogens with one attached hydrogen (secondary N) is 1. The fraction of sp³-hybridized carbons (Fsp3) is 1.00. The van der Waals surface area contributed by atoms with E-state index < -0.39 is 0 Å². The second-order valence-corrected chi connectivity index (χ2v) is 7.51. The summed E-state index contributed by atoms with van der Waals surface area (Å²) in [6.45, 7) is 13.0. The summed E-state index contributed by atoms with van der Waals surface area (Å²) in [6.07, 6.45) is 9.82. The van der Waals surface area contributed by atoms with Crippen molar-refractivity contribution in [3.63, 3.8) is 0 Å². The Kier molecular flexibility index (Phi) is 6.70. The van der Waals surface area contributed by atoms with Crippen molar-refractivity contribution in [3.05, 3.63) is 0 Å². The molecule has 0 aromatic carbocycles. The molecule has 1 heteroatoms. The van der Waals surface area contributed by atoms with Crippen LogP contribution in [0.1, 0.15) is 79.6 Å². The minimum absolute atomic E-state index is 0.451. The molecule has 0 aromatic heterocycles. The first-order valence-corrected chi connectivity index (χ1v) is 8.19. The van der Waals surface area contributed by atoms with Gasteiger partial charge in [-0.05, 0) is 49.5 Å². The molecule has 1 aliphatic carbocycles. The molecular formula is C17H35N. The van der Waals surface area contributed by atoms with E-state index in [1.807, 2.05) is 0 Å². The molecule has 0 radical (unpaired) electrons. The molecule has 1 nitrogen and oxygen atoms in total. The van der Waals surface area contributed by atoms with Crippen molar-refractivity contribution in [1.29, 1.82) is 0 Å². The van der Waals surface area contributed by atoms with Crippen LogP contribution >= 0.6 is 0 Å². The maximum atomic E-state index is 3.83. The van der Waals surface area contributed by atoms with Crippen LogP contribution in [0.15, 0.2) is 0 Å². The molecule has 108 valence electrons. The fourth-order valence-corrected chi connectivity index (χ4v) is 3.39. The minimum Gasteiger partial charge on any atom is -0.314 e. The summed E-state index contributed by atoms with van der Waals surface area (Å²) in [5.41, 5.74) is 0.451. The average molecular weight is 253 g/mol. The van der Waals surface area contributed by atoms with Crippen LogP contribution in [0.4, 0.5) is 0 Å². The first-order valence-electron chi connectivity index (χ1n) is 8.19. The maximum Gasteiger partial charge on any atom is 0.0100 e. The summed E-state index contributed by atoms with van der Waals surface area (Å²) in [4.78, 5) is 0. The van der Waals surface area contributed by atoms with Gasteiger partial charge in [-0.3, -0.25) is 0 Å². The van der Waals surface area contributed by atoms with Crippen molar-refractivity contribution < 1.29 is 0 Å². The lowest BCUT2D eigenvalue weighted by molar-refractivity contribution is 0.178. The van der Waals surface area contributed by atoms with Crippen LogP contribution in [0.5, 0.6) is 0 Å². The lowest BCUT2D eigenvalue weighted by atomic mass is 9.74. The highest BCUT2D eigenvalue weighted by atomic mass is 14.9. The third kappa shape index (κ3) is 5.73. The first-order chi connectivity index (χ1) is 8.46. The third-order valence-corrected chi connectivity index (χ3v) is 4.53. The number of hydrogen-bond donors (Lipinski definition) is 1. The molecule has 0 aromatic rings. The van der Waals surface area contributed by atoms with Crippen LogP contribution in [-0.2, 0) is 0 Å². The highest BCUT2D eigenvalue weighted by Gasteiger charge is 2.29. The molecule has 0 bridgehead atoms. The molecule has 1 N–H and O–H groups in total. The van der Waals surface area contributed by atoms with Crippen molar-refractivity contribution in [2.45, 2.75) is 85.6 Å². The van der Waals surface area contributed by atoms with E-state index in [-0.39, 0.29) is 0 Å². The molecule has 0 amide bonds. The monoisotopic (exact) mass is 253 g/mol. The van der Waals surface area contributed by atoms with Gasteiger partial charge in [0, 0.05) is 6.04 Å². The Morgan fingerprint density at radius 1 is 1.06 bits per heavy atom. The number of hydrogen-bond acceptors (Lipinski definition) is 1. The van der Waals surface area contributed by atoms with E-state index in [0.717, 1.165) is 17.9 Å². The van der Waals surface area contributed by atoms with Crippen molar-refractivity contribution >= 4 is 0 Å². The zero-order valence-electron chi connectivity index (χ0n) is 13.4. The molecule has 1 saturated carbocycles. The molecule has 18 heavy (non-hydrogen) atoms. The van der Waals surface area contributed by atoms with Gasteiger partial charge in [0.1, 0.15) is 0 Å². The molecule has 1 unspecified atom stereocenters. The van der Waals surface area contributed by atoms with Crippen LogP contribution in [0.2, 0.25) is 0 Å². The van der Waals surface area contributed by atoms with Gasteiger partial charge in [0.05, 0.1) is 0 Å². The zero-order chi connectivity index (χ0) is 13.6. The average Bonchev–Trinajstić information content (AvgIpc) is 2.33. The molecule has 0 aliphatic heterocycles. The van der Waals surface area contributed by atoms with Gasteiger partial charge in [0.25, 0.3) is 0 Å². The smallest absolute Gasteiger partial charge is 0.0100 e. The molecular weight excluding hydrogens is 218 g/mol. The van der Waals surface area contributed by atoms with Crippen molar-refractivity contribution in [1.82, 2.24) is 5.32 Å². The largest absolute Gasteiger partial charge is 0.314 e. The number of rotatable bonds is 6. The van der Waals surface area contributed by atoms with Crippen LogP contribution in [0.3, 0.4) is 0 Å². The van der Waals surface area contributed by atoms with Crippen LogP contribution < -0.4 is 5.32 Å². The van der Waals surface area contributed by atoms with E-state index in [1.54, 1.807) is 0 Å². The second-order valence-electron chi connectivity index (χ2n) is 7.51. The van der Waals surface area contributed by atoms with Gasteiger partial charge < -0.3 is 5.32 Å². The Bertz CT molecular complexity index is 208. The molecule has 1 fully saturated rings. The van der Waals surface area contributed by atoms with Gasteiger partial charge in [0.2, 0.25) is 0 Å². The van der Waals surface area contributed by atoms with Crippen LogP contribution in [0.25, 0.3) is 0 Å². The summed E-state index contributed by atoms with van der Waals surface area (Å²) in [5, 5.41) is 3.83. The Hall–Kier alpha value is -0.0400. The predicted octanol–water partition coefficient (Wildman–Crippen LogP) is 5.01. The second kappa shape index (κ2) is 7.53. The SMILES string of the molecule is CCCNC(CC(C)(C)C)C1CCC(CC)CC1. The van der Waals surface area contributed by atoms with Crippen LogP contribution in [-0.4, -0.2) is 12.6 Å². The van der Waals surface area contributed by atoms with Crippen molar-refractivity contribution in [2.24, 2.45) is 17.3 Å². The highest BCUT2D eigenvalue weighted by Crippen LogP contribution is 2.35. The van der Waals surface area contributed by atoms with Gasteiger partial charge in [-0.25, -0.2) is 0 Å². The summed E-state index contributed by atoms with van der Waals surface area (Å²) >= 11 is 0. The van der Waals surface area contributed by atoms with E-state index in [9.17, 15) is 0 Å². The lowest BCUT2D eigenvalue weighted by Gasteiger charge is -2.37. The standard InChI is InChI=1S/C17H35N/c1-6-12-18-16(13-17(3,4)5)15-10-8-14(7-2)9-11-15/h14-16,18H,6-13H2,1-5H3. The zero-order valence-corrected chi connectivity index (χ0v) is 13.4. The minimum atomic E-state index is 0.451. The molecule has 0 saturated heterocycles. The van der Waals surface area contributed by atoms with E-state index >= 15 is 0 Å². The Morgan fingerprint density at radius 2 is 1.67 bits per heavy atom. The topological polar surface area (TPSA) is 12.0 Å². The third-order valence-electron chi connectivity index (χ3n) is 4.53. The molecule has 1 rings (SSSR count). The van der Waals surface area contributed by atoms with E-state index in [4.69, 9.17) is 0 Å². The van der Waals surface area contributed by atoms with Crippen molar-refractivity contribution in [3.8, 4) is 0 Å². The van der Waals surface area contributed by atoms with E-state index in [0.29, 0.717) is 5.41 Å².